The minimum Gasteiger partial charge on any atom is -0.756 e. The molecule has 0 aromatic rings. The number of rotatable bonds is 45. The summed E-state index contributed by atoms with van der Waals surface area (Å²) in [5.74, 6) is -0.824. The lowest BCUT2D eigenvalue weighted by molar-refractivity contribution is -0.870. The van der Waals surface area contributed by atoms with E-state index >= 15 is 0 Å². The van der Waals surface area contributed by atoms with Crippen LogP contribution in [0.15, 0.2) is 0 Å². The van der Waals surface area contributed by atoms with Crippen molar-refractivity contribution in [1.82, 2.24) is 0 Å². The van der Waals surface area contributed by atoms with Gasteiger partial charge in [-0.15, -0.1) is 0 Å². The van der Waals surface area contributed by atoms with Crippen LogP contribution < -0.4 is 4.89 Å². The van der Waals surface area contributed by atoms with Gasteiger partial charge in [-0.3, -0.25) is 14.2 Å². The van der Waals surface area contributed by atoms with E-state index in [1.807, 2.05) is 21.1 Å². The molecule has 0 aromatic carbocycles. The molecule has 0 N–H and O–H groups in total. The highest BCUT2D eigenvalue weighted by Crippen LogP contribution is 2.38. The summed E-state index contributed by atoms with van der Waals surface area (Å²) in [5, 5.41) is 0. The third kappa shape index (κ3) is 44.4. The van der Waals surface area contributed by atoms with Crippen LogP contribution in [0, 0.1) is 0 Å². The van der Waals surface area contributed by atoms with Crippen LogP contribution in [0.1, 0.15) is 239 Å². The third-order valence-corrected chi connectivity index (χ3v) is 11.8. The Kier molecular flexibility index (Phi) is 39.7. The van der Waals surface area contributed by atoms with Gasteiger partial charge >= 0.3 is 11.9 Å². The van der Waals surface area contributed by atoms with E-state index in [1.54, 1.807) is 0 Å². The van der Waals surface area contributed by atoms with Crippen molar-refractivity contribution in [3.63, 3.8) is 0 Å². The molecule has 0 heterocycles. The number of phosphoric ester groups is 1. The van der Waals surface area contributed by atoms with E-state index in [1.165, 1.54) is 173 Å². The minimum atomic E-state index is -4.61. The lowest BCUT2D eigenvalue weighted by atomic mass is 10.0. The Labute approximate surface area is 353 Å². The lowest BCUT2D eigenvalue weighted by Crippen LogP contribution is -2.37. The van der Waals surface area contributed by atoms with Crippen LogP contribution in [-0.2, 0) is 32.7 Å². The summed E-state index contributed by atoms with van der Waals surface area (Å²) in [6, 6.07) is 0. The van der Waals surface area contributed by atoms with Crippen molar-refractivity contribution in [3.8, 4) is 0 Å². The van der Waals surface area contributed by atoms with Gasteiger partial charge in [0.2, 0.25) is 0 Å². The van der Waals surface area contributed by atoms with Crippen LogP contribution in [0.3, 0.4) is 0 Å². The van der Waals surface area contributed by atoms with Crippen LogP contribution in [0.4, 0.5) is 0 Å². The van der Waals surface area contributed by atoms with Crippen LogP contribution in [-0.4, -0.2) is 70.0 Å². The van der Waals surface area contributed by atoms with E-state index in [2.05, 4.69) is 13.8 Å². The molecule has 0 aromatic heterocycles. The zero-order chi connectivity index (χ0) is 42.1. The maximum absolute atomic E-state index is 12.7. The second-order valence-corrected chi connectivity index (χ2v) is 19.3. The molecular weight excluding hydrogens is 737 g/mol. The molecule has 57 heavy (non-hydrogen) atoms. The zero-order valence-electron chi connectivity index (χ0n) is 38.3. The number of nitrogens with zero attached hydrogens (tertiary/aromatic N) is 1. The second kappa shape index (κ2) is 40.4. The Bertz CT molecular complexity index is 943. The Morgan fingerprint density at radius 3 is 1.12 bits per heavy atom. The molecule has 2 atom stereocenters. The van der Waals surface area contributed by atoms with E-state index in [0.29, 0.717) is 17.4 Å². The molecule has 0 saturated heterocycles. The van der Waals surface area contributed by atoms with E-state index < -0.39 is 26.5 Å². The summed E-state index contributed by atoms with van der Waals surface area (Å²) in [6.45, 7) is 4.23. The normalized spacial score (nSPS) is 13.4. The summed E-state index contributed by atoms with van der Waals surface area (Å²) in [5.41, 5.74) is 0. The predicted molar refractivity (Wildman–Crippen MR) is 236 cm³/mol. The molecule has 340 valence electrons. The highest BCUT2D eigenvalue weighted by molar-refractivity contribution is 7.45. The van der Waals surface area contributed by atoms with Crippen molar-refractivity contribution < 1.29 is 42.1 Å². The molecule has 9 nitrogen and oxygen atoms in total. The molecule has 0 aliphatic carbocycles. The number of ether oxygens (including phenoxy) is 2. The number of hydrogen-bond donors (Lipinski definition) is 0. The van der Waals surface area contributed by atoms with Crippen molar-refractivity contribution in [1.29, 1.82) is 0 Å². The van der Waals surface area contributed by atoms with Crippen molar-refractivity contribution in [2.75, 3.05) is 47.5 Å². The van der Waals surface area contributed by atoms with Gasteiger partial charge in [0.1, 0.15) is 19.8 Å². The number of hydrogen-bond acceptors (Lipinski definition) is 8. The van der Waals surface area contributed by atoms with Crippen LogP contribution in [0.2, 0.25) is 0 Å². The molecule has 0 spiro atoms. The first-order chi connectivity index (χ1) is 27.5. The molecule has 0 amide bonds. The minimum absolute atomic E-state index is 0.0259. The number of likely N-dealkylation sites (N-methyl/N-ethyl adjacent to an activating group) is 1. The van der Waals surface area contributed by atoms with Gasteiger partial charge in [-0.1, -0.05) is 213 Å². The van der Waals surface area contributed by atoms with Gasteiger partial charge in [0.15, 0.2) is 6.10 Å². The fraction of sp³-hybridized carbons (Fsp3) is 0.957. The molecule has 2 unspecified atom stereocenters. The topological polar surface area (TPSA) is 111 Å². The molecule has 10 heteroatoms. The average molecular weight is 832 g/mol. The van der Waals surface area contributed by atoms with E-state index in [-0.39, 0.29) is 32.0 Å². The molecule has 0 bridgehead atoms. The molecular formula is C47H94NO8P. The lowest BCUT2D eigenvalue weighted by Gasteiger charge is -2.28. The SMILES string of the molecule is CCCCCCCCCCCCCCCCCCCCCCCCCCCC(=O)OC(COC(=O)CCCCCCCCCC)COP(=O)([O-])OCC[N+](C)(C)C. The van der Waals surface area contributed by atoms with E-state index in [0.717, 1.165) is 32.1 Å². The van der Waals surface area contributed by atoms with Gasteiger partial charge in [-0.05, 0) is 12.8 Å². The summed E-state index contributed by atoms with van der Waals surface area (Å²) in [6.07, 6.45) is 41.6. The van der Waals surface area contributed by atoms with Crippen LogP contribution in [0.5, 0.6) is 0 Å². The average Bonchev–Trinajstić information content (AvgIpc) is 3.16. The Hall–Kier alpha value is -0.990. The predicted octanol–water partition coefficient (Wildman–Crippen LogP) is 13.3. The van der Waals surface area contributed by atoms with Gasteiger partial charge in [-0.25, -0.2) is 0 Å². The summed E-state index contributed by atoms with van der Waals surface area (Å²) in [4.78, 5) is 37.4. The number of carbonyl (C=O) groups excluding carboxylic acids is 2. The summed E-state index contributed by atoms with van der Waals surface area (Å²) in [7, 11) is 1.18. The zero-order valence-corrected chi connectivity index (χ0v) is 39.2. The molecule has 0 fully saturated rings. The highest BCUT2D eigenvalue weighted by atomic mass is 31.2. The Morgan fingerprint density at radius 2 is 0.789 bits per heavy atom. The first-order valence-electron chi connectivity index (χ1n) is 24.2. The number of esters is 2. The molecule has 0 rings (SSSR count). The van der Waals surface area contributed by atoms with Crippen molar-refractivity contribution in [2.45, 2.75) is 245 Å². The van der Waals surface area contributed by atoms with E-state index in [9.17, 15) is 19.0 Å². The number of phosphoric acid groups is 1. The molecule has 0 saturated carbocycles. The largest absolute Gasteiger partial charge is 0.756 e. The smallest absolute Gasteiger partial charge is 0.306 e. The first-order valence-corrected chi connectivity index (χ1v) is 25.7. The van der Waals surface area contributed by atoms with Gasteiger partial charge in [0, 0.05) is 12.8 Å². The summed E-state index contributed by atoms with van der Waals surface area (Å²) >= 11 is 0. The van der Waals surface area contributed by atoms with Gasteiger partial charge in [0.25, 0.3) is 7.82 Å². The molecule has 0 radical (unpaired) electrons. The Morgan fingerprint density at radius 1 is 0.474 bits per heavy atom. The number of quaternary nitrogens is 1. The third-order valence-electron chi connectivity index (χ3n) is 10.9. The first kappa shape index (κ1) is 56.0. The maximum Gasteiger partial charge on any atom is 0.306 e. The van der Waals surface area contributed by atoms with Gasteiger partial charge in [0.05, 0.1) is 27.7 Å². The monoisotopic (exact) mass is 832 g/mol. The quantitative estimate of drug-likeness (QED) is 0.0258. The molecule has 0 aliphatic rings. The second-order valence-electron chi connectivity index (χ2n) is 17.8. The number of unbranched alkanes of at least 4 members (excludes halogenated alkanes) is 31. The fourth-order valence-electron chi connectivity index (χ4n) is 7.07. The Balaban J connectivity index is 4.04. The maximum atomic E-state index is 12.7. The molecule has 0 aliphatic heterocycles. The van der Waals surface area contributed by atoms with Crippen LogP contribution >= 0.6 is 7.82 Å². The van der Waals surface area contributed by atoms with Crippen molar-refractivity contribution >= 4 is 19.8 Å². The number of carbonyl (C=O) groups is 2. The van der Waals surface area contributed by atoms with Crippen LogP contribution in [0.25, 0.3) is 0 Å². The summed E-state index contributed by atoms with van der Waals surface area (Å²) < 4.78 is 33.9. The van der Waals surface area contributed by atoms with Crippen molar-refractivity contribution in [2.24, 2.45) is 0 Å². The van der Waals surface area contributed by atoms with E-state index in [4.69, 9.17) is 18.5 Å². The fourth-order valence-corrected chi connectivity index (χ4v) is 7.80. The van der Waals surface area contributed by atoms with Gasteiger partial charge in [-0.2, -0.15) is 0 Å². The van der Waals surface area contributed by atoms with Crippen molar-refractivity contribution in [3.05, 3.63) is 0 Å². The highest BCUT2D eigenvalue weighted by Gasteiger charge is 2.21. The standard InChI is InChI=1S/C47H94NO8P/c1-6-8-10-12-14-16-17-18-19-20-21-22-23-24-25-26-27-28-29-30-31-32-34-36-38-40-47(50)56-45(44-55-57(51,52)54-42-41-48(3,4)5)43-53-46(49)39-37-35-33-15-13-11-9-7-2/h45H,6-44H2,1-5H3. The van der Waals surface area contributed by atoms with Gasteiger partial charge < -0.3 is 27.9 Å².